The molecule has 0 radical (unpaired) electrons. The second-order valence-corrected chi connectivity index (χ2v) is 10.0. The number of Topliss-reactive ketones (excluding diaryl/α,β-unsaturated/α-hetero) is 1. The molecule has 0 saturated carbocycles. The van der Waals surface area contributed by atoms with Crippen LogP contribution in [0.5, 0.6) is 0 Å². The van der Waals surface area contributed by atoms with E-state index in [0.717, 1.165) is 5.56 Å². The number of thiophene rings is 1. The summed E-state index contributed by atoms with van der Waals surface area (Å²) in [6.07, 6.45) is 1.70. The third kappa shape index (κ3) is 4.64. The van der Waals surface area contributed by atoms with Gasteiger partial charge in [-0.1, -0.05) is 17.3 Å². The van der Waals surface area contributed by atoms with Crippen LogP contribution in [0.25, 0.3) is 11.4 Å². The maximum absolute atomic E-state index is 13.2. The lowest BCUT2D eigenvalue weighted by Crippen LogP contribution is -2.48. The summed E-state index contributed by atoms with van der Waals surface area (Å²) < 4.78 is 38.0. The molecule has 4 rings (SSSR count). The molecule has 2 aromatic heterocycles. The van der Waals surface area contributed by atoms with Gasteiger partial charge >= 0.3 is 5.97 Å². The number of esters is 1. The Morgan fingerprint density at radius 3 is 2.69 bits per heavy atom. The van der Waals surface area contributed by atoms with Gasteiger partial charge in [0.2, 0.25) is 15.8 Å². The molecule has 1 atom stereocenters. The van der Waals surface area contributed by atoms with Crippen LogP contribution in [0.15, 0.2) is 50.5 Å². The highest BCUT2D eigenvalue weighted by Gasteiger charge is 2.38. The third-order valence-corrected chi connectivity index (χ3v) is 7.78. The molecule has 0 aliphatic carbocycles. The maximum Gasteiger partial charge on any atom is 0.324 e. The van der Waals surface area contributed by atoms with E-state index in [1.54, 1.807) is 0 Å². The molecule has 3 heterocycles. The SMILES string of the molecule is CC(=O)c1ccc(S(=O)(=O)N2CCCCC2C(=O)OCc2nc(-c3ccsc3)no2)cc1. The zero-order chi connectivity index (χ0) is 22.7. The van der Waals surface area contributed by atoms with Gasteiger partial charge in [-0.2, -0.15) is 20.6 Å². The van der Waals surface area contributed by atoms with Crippen LogP contribution in [0.3, 0.4) is 0 Å². The number of rotatable bonds is 7. The van der Waals surface area contributed by atoms with Crippen LogP contribution in [-0.4, -0.2) is 47.2 Å². The van der Waals surface area contributed by atoms with Gasteiger partial charge in [-0.15, -0.1) is 0 Å². The van der Waals surface area contributed by atoms with Crippen molar-refractivity contribution >= 4 is 33.1 Å². The molecular formula is C21H21N3O6S2. The van der Waals surface area contributed by atoms with Crippen molar-refractivity contribution in [1.29, 1.82) is 0 Å². The number of hydrogen-bond donors (Lipinski definition) is 0. The predicted molar refractivity (Wildman–Crippen MR) is 115 cm³/mol. The van der Waals surface area contributed by atoms with E-state index in [4.69, 9.17) is 9.26 Å². The van der Waals surface area contributed by atoms with Crippen molar-refractivity contribution in [3.05, 3.63) is 52.5 Å². The topological polar surface area (TPSA) is 120 Å². The van der Waals surface area contributed by atoms with Crippen molar-refractivity contribution in [2.75, 3.05) is 6.54 Å². The Bertz CT molecular complexity index is 1200. The van der Waals surface area contributed by atoms with E-state index >= 15 is 0 Å². The third-order valence-electron chi connectivity index (χ3n) is 5.18. The van der Waals surface area contributed by atoms with Crippen LogP contribution in [0.1, 0.15) is 42.4 Å². The Hall–Kier alpha value is -2.89. The molecule has 168 valence electrons. The van der Waals surface area contributed by atoms with Crippen LogP contribution in [0.2, 0.25) is 0 Å². The summed E-state index contributed by atoms with van der Waals surface area (Å²) in [4.78, 5) is 28.5. The Morgan fingerprint density at radius 1 is 1.22 bits per heavy atom. The van der Waals surface area contributed by atoms with Crippen molar-refractivity contribution in [2.24, 2.45) is 0 Å². The molecule has 11 heteroatoms. The maximum atomic E-state index is 13.2. The number of ketones is 1. The molecule has 3 aromatic rings. The monoisotopic (exact) mass is 475 g/mol. The van der Waals surface area contributed by atoms with Crippen LogP contribution in [-0.2, 0) is 26.2 Å². The highest BCUT2D eigenvalue weighted by molar-refractivity contribution is 7.89. The molecule has 32 heavy (non-hydrogen) atoms. The molecule has 1 fully saturated rings. The van der Waals surface area contributed by atoms with Gasteiger partial charge in [0, 0.05) is 23.1 Å². The fourth-order valence-electron chi connectivity index (χ4n) is 3.48. The first-order valence-electron chi connectivity index (χ1n) is 10.0. The largest absolute Gasteiger partial charge is 0.454 e. The lowest BCUT2D eigenvalue weighted by molar-refractivity contribution is -0.151. The molecule has 0 spiro atoms. The van der Waals surface area contributed by atoms with E-state index in [1.807, 2.05) is 16.8 Å². The smallest absolute Gasteiger partial charge is 0.324 e. The summed E-state index contributed by atoms with van der Waals surface area (Å²) in [5, 5.41) is 7.62. The van der Waals surface area contributed by atoms with E-state index in [-0.39, 0.29) is 29.7 Å². The van der Waals surface area contributed by atoms with E-state index in [1.165, 1.54) is 46.8 Å². The Morgan fingerprint density at radius 2 is 2.00 bits per heavy atom. The highest BCUT2D eigenvalue weighted by atomic mass is 32.2. The molecule has 1 aromatic carbocycles. The van der Waals surface area contributed by atoms with E-state index in [9.17, 15) is 18.0 Å². The summed E-state index contributed by atoms with van der Waals surface area (Å²) in [5.74, 6) is -0.293. The van der Waals surface area contributed by atoms with Gasteiger partial charge in [-0.3, -0.25) is 9.59 Å². The number of nitrogens with zero attached hydrogens (tertiary/aromatic N) is 3. The summed E-state index contributed by atoms with van der Waals surface area (Å²) in [5.41, 5.74) is 1.22. The van der Waals surface area contributed by atoms with Crippen molar-refractivity contribution in [3.63, 3.8) is 0 Å². The van der Waals surface area contributed by atoms with Gasteiger partial charge in [0.05, 0.1) is 4.90 Å². The first-order chi connectivity index (χ1) is 15.4. The van der Waals surface area contributed by atoms with Gasteiger partial charge in [-0.25, -0.2) is 8.42 Å². The van der Waals surface area contributed by atoms with Crippen molar-refractivity contribution < 1.29 is 27.3 Å². The van der Waals surface area contributed by atoms with Crippen molar-refractivity contribution in [3.8, 4) is 11.4 Å². The minimum Gasteiger partial charge on any atom is -0.454 e. The number of carbonyl (C=O) groups is 2. The second-order valence-electron chi connectivity index (χ2n) is 7.34. The molecule has 0 N–H and O–H groups in total. The van der Waals surface area contributed by atoms with Gasteiger partial charge in [-0.05, 0) is 49.8 Å². The first-order valence-corrected chi connectivity index (χ1v) is 12.4. The predicted octanol–water partition coefficient (Wildman–Crippen LogP) is 3.29. The van der Waals surface area contributed by atoms with E-state index in [0.29, 0.717) is 30.7 Å². The normalized spacial score (nSPS) is 17.2. The van der Waals surface area contributed by atoms with Crippen LogP contribution in [0.4, 0.5) is 0 Å². The van der Waals surface area contributed by atoms with E-state index in [2.05, 4.69) is 10.1 Å². The van der Waals surface area contributed by atoms with Crippen molar-refractivity contribution in [2.45, 2.75) is 43.7 Å². The molecule has 1 aliphatic heterocycles. The lowest BCUT2D eigenvalue weighted by Gasteiger charge is -2.32. The molecular weight excluding hydrogens is 454 g/mol. The van der Waals surface area contributed by atoms with Gasteiger partial charge in [0.15, 0.2) is 12.4 Å². The molecule has 9 nitrogen and oxygen atoms in total. The summed E-state index contributed by atoms with van der Waals surface area (Å²) in [6.45, 7) is 1.37. The number of sulfonamides is 1. The molecule has 0 bridgehead atoms. The van der Waals surface area contributed by atoms with Crippen LogP contribution < -0.4 is 0 Å². The zero-order valence-corrected chi connectivity index (χ0v) is 18.9. The minimum atomic E-state index is -3.94. The minimum absolute atomic E-state index is 0.0273. The van der Waals surface area contributed by atoms with Gasteiger partial charge < -0.3 is 9.26 Å². The number of benzene rings is 1. The summed E-state index contributed by atoms with van der Waals surface area (Å²) >= 11 is 1.50. The number of hydrogen-bond acceptors (Lipinski definition) is 9. The fourth-order valence-corrected chi connectivity index (χ4v) is 5.76. The number of ether oxygens (including phenoxy) is 1. The summed E-state index contributed by atoms with van der Waals surface area (Å²) in [6, 6.07) is 6.60. The standard InChI is InChI=1S/C21H21N3O6S2/c1-14(25)15-5-7-17(8-6-15)32(27,28)24-10-3-2-4-18(24)21(26)29-12-19-22-20(23-30-19)16-9-11-31-13-16/h5-9,11,13,18H,2-4,10,12H2,1H3. The molecule has 0 amide bonds. The van der Waals surface area contributed by atoms with Gasteiger partial charge in [0.1, 0.15) is 6.04 Å². The quantitative estimate of drug-likeness (QED) is 0.377. The van der Waals surface area contributed by atoms with Crippen LogP contribution in [0, 0.1) is 0 Å². The van der Waals surface area contributed by atoms with Crippen molar-refractivity contribution in [1.82, 2.24) is 14.4 Å². The Labute approximate surface area is 189 Å². The zero-order valence-electron chi connectivity index (χ0n) is 17.3. The Balaban J connectivity index is 1.46. The number of piperidine rings is 1. The first kappa shape index (κ1) is 22.3. The molecule has 1 unspecified atom stereocenters. The second kappa shape index (κ2) is 9.31. The average Bonchev–Trinajstić information content (AvgIpc) is 3.49. The average molecular weight is 476 g/mol. The molecule has 1 aliphatic rings. The number of aromatic nitrogens is 2. The van der Waals surface area contributed by atoms with Crippen LogP contribution >= 0.6 is 11.3 Å². The summed E-state index contributed by atoms with van der Waals surface area (Å²) in [7, 11) is -3.94. The fraction of sp³-hybridized carbons (Fsp3) is 0.333. The lowest BCUT2D eigenvalue weighted by atomic mass is 10.1. The molecule has 1 saturated heterocycles. The van der Waals surface area contributed by atoms with Gasteiger partial charge in [0.25, 0.3) is 5.89 Å². The number of carbonyl (C=O) groups excluding carboxylic acids is 2. The van der Waals surface area contributed by atoms with E-state index < -0.39 is 22.0 Å². The highest BCUT2D eigenvalue weighted by Crippen LogP contribution is 2.27. The Kier molecular flexibility index (Phi) is 6.49.